The number of pyridine rings is 1. The van der Waals surface area contributed by atoms with E-state index in [1.165, 1.54) is 4.31 Å². The predicted octanol–water partition coefficient (Wildman–Crippen LogP) is 0.699. The quantitative estimate of drug-likeness (QED) is 0.880. The minimum atomic E-state index is -3.52. The standard InChI is InChI=1S/C13H18N4O2S/c1-16-10-13(6-12(16)7-14)20(18,19)17(2)9-11-4-3-5-15-8-11/h3-6,8,10H,7,9,14H2,1-2H3. The van der Waals surface area contributed by atoms with Gasteiger partial charge in [-0.05, 0) is 17.7 Å². The van der Waals surface area contributed by atoms with E-state index in [9.17, 15) is 8.42 Å². The van der Waals surface area contributed by atoms with Crippen LogP contribution >= 0.6 is 0 Å². The van der Waals surface area contributed by atoms with Crippen LogP contribution in [0.5, 0.6) is 0 Å². The fourth-order valence-corrected chi connectivity index (χ4v) is 3.19. The van der Waals surface area contributed by atoms with Crippen LogP contribution in [0.2, 0.25) is 0 Å². The molecule has 7 heteroatoms. The van der Waals surface area contributed by atoms with Gasteiger partial charge in [0.15, 0.2) is 0 Å². The van der Waals surface area contributed by atoms with E-state index in [2.05, 4.69) is 4.98 Å². The Balaban J connectivity index is 2.25. The van der Waals surface area contributed by atoms with Gasteiger partial charge in [-0.3, -0.25) is 4.98 Å². The molecule has 6 nitrogen and oxygen atoms in total. The number of nitrogens with zero attached hydrogens (tertiary/aromatic N) is 3. The van der Waals surface area contributed by atoms with Crippen LogP contribution in [0.3, 0.4) is 0 Å². The lowest BCUT2D eigenvalue weighted by atomic mass is 10.3. The van der Waals surface area contributed by atoms with E-state index in [0.29, 0.717) is 6.54 Å². The highest BCUT2D eigenvalue weighted by Crippen LogP contribution is 2.18. The minimum absolute atomic E-state index is 0.256. The topological polar surface area (TPSA) is 81.2 Å². The summed E-state index contributed by atoms with van der Waals surface area (Å²) in [5.74, 6) is 0. The number of rotatable bonds is 5. The van der Waals surface area contributed by atoms with Crippen molar-refractivity contribution in [3.8, 4) is 0 Å². The Morgan fingerprint density at radius 3 is 2.75 bits per heavy atom. The highest BCUT2D eigenvalue weighted by Gasteiger charge is 2.23. The summed E-state index contributed by atoms with van der Waals surface area (Å²) >= 11 is 0. The molecule has 0 saturated carbocycles. The maximum absolute atomic E-state index is 12.5. The Morgan fingerprint density at radius 2 is 2.20 bits per heavy atom. The van der Waals surface area contributed by atoms with Crippen LogP contribution < -0.4 is 5.73 Å². The molecule has 0 spiro atoms. The summed E-state index contributed by atoms with van der Waals surface area (Å²) in [5, 5.41) is 0. The van der Waals surface area contributed by atoms with Gasteiger partial charge in [0.05, 0.1) is 0 Å². The zero-order valence-corrected chi connectivity index (χ0v) is 12.3. The Labute approximate surface area is 118 Å². The molecule has 0 aliphatic carbocycles. The molecule has 0 unspecified atom stereocenters. The summed E-state index contributed by atoms with van der Waals surface area (Å²) in [6.45, 7) is 0.585. The van der Waals surface area contributed by atoms with Gasteiger partial charge < -0.3 is 10.3 Å². The molecule has 2 heterocycles. The van der Waals surface area contributed by atoms with Gasteiger partial charge in [-0.25, -0.2) is 8.42 Å². The van der Waals surface area contributed by atoms with Crippen LogP contribution in [0, 0.1) is 0 Å². The normalized spacial score (nSPS) is 12.0. The van der Waals surface area contributed by atoms with Crippen molar-refractivity contribution in [2.75, 3.05) is 7.05 Å². The number of hydrogen-bond acceptors (Lipinski definition) is 4. The van der Waals surface area contributed by atoms with Crippen molar-refractivity contribution in [2.45, 2.75) is 18.0 Å². The second-order valence-electron chi connectivity index (χ2n) is 4.60. The molecular formula is C13H18N4O2S. The third-order valence-corrected chi connectivity index (χ3v) is 4.90. The smallest absolute Gasteiger partial charge is 0.244 e. The number of nitrogens with two attached hydrogens (primary N) is 1. The zero-order valence-electron chi connectivity index (χ0n) is 11.5. The second-order valence-corrected chi connectivity index (χ2v) is 6.65. The third-order valence-electron chi connectivity index (χ3n) is 3.13. The van der Waals surface area contributed by atoms with Gasteiger partial charge in [-0.1, -0.05) is 6.07 Å². The SMILES string of the molecule is CN(Cc1cccnc1)S(=O)(=O)c1cc(CN)n(C)c1. The maximum atomic E-state index is 12.5. The molecule has 0 fully saturated rings. The summed E-state index contributed by atoms with van der Waals surface area (Å²) in [5.41, 5.74) is 7.19. The molecule has 0 aromatic carbocycles. The summed E-state index contributed by atoms with van der Waals surface area (Å²) in [4.78, 5) is 4.24. The molecule has 0 atom stereocenters. The summed E-state index contributed by atoms with van der Waals surface area (Å²) < 4.78 is 28.0. The van der Waals surface area contributed by atoms with Crippen molar-refractivity contribution in [3.05, 3.63) is 48.0 Å². The molecule has 2 aromatic heterocycles. The minimum Gasteiger partial charge on any atom is -0.352 e. The molecule has 2 rings (SSSR count). The van der Waals surface area contributed by atoms with E-state index in [0.717, 1.165) is 11.3 Å². The predicted molar refractivity (Wildman–Crippen MR) is 76.2 cm³/mol. The molecule has 0 radical (unpaired) electrons. The van der Waals surface area contributed by atoms with Crippen LogP contribution in [0.1, 0.15) is 11.3 Å². The molecule has 0 aliphatic heterocycles. The lowest BCUT2D eigenvalue weighted by Crippen LogP contribution is -2.26. The van der Waals surface area contributed by atoms with Crippen molar-refractivity contribution in [2.24, 2.45) is 12.8 Å². The first kappa shape index (κ1) is 14.7. The second kappa shape index (κ2) is 5.74. The number of aryl methyl sites for hydroxylation is 1. The van der Waals surface area contributed by atoms with Crippen LogP contribution in [0.4, 0.5) is 0 Å². The fourth-order valence-electron chi connectivity index (χ4n) is 1.93. The lowest BCUT2D eigenvalue weighted by molar-refractivity contribution is 0.466. The maximum Gasteiger partial charge on any atom is 0.244 e. The average molecular weight is 294 g/mol. The van der Waals surface area contributed by atoms with Gasteiger partial charge in [0.1, 0.15) is 4.90 Å². The highest BCUT2D eigenvalue weighted by atomic mass is 32.2. The monoisotopic (exact) mass is 294 g/mol. The van der Waals surface area contributed by atoms with Crippen molar-refractivity contribution in [1.82, 2.24) is 13.9 Å². The summed E-state index contributed by atoms with van der Waals surface area (Å²) in [6, 6.07) is 5.23. The highest BCUT2D eigenvalue weighted by molar-refractivity contribution is 7.89. The van der Waals surface area contributed by atoms with Crippen molar-refractivity contribution in [1.29, 1.82) is 0 Å². The molecule has 20 heavy (non-hydrogen) atoms. The lowest BCUT2D eigenvalue weighted by Gasteiger charge is -2.16. The van der Waals surface area contributed by atoms with Gasteiger partial charge in [-0.2, -0.15) is 4.31 Å². The van der Waals surface area contributed by atoms with Crippen LogP contribution in [0.15, 0.2) is 41.7 Å². The number of aromatic nitrogens is 2. The van der Waals surface area contributed by atoms with Crippen molar-refractivity contribution in [3.63, 3.8) is 0 Å². The van der Waals surface area contributed by atoms with Gasteiger partial charge in [0.25, 0.3) is 0 Å². The number of hydrogen-bond donors (Lipinski definition) is 1. The van der Waals surface area contributed by atoms with Gasteiger partial charge in [0, 0.05) is 51.5 Å². The summed E-state index contributed by atoms with van der Waals surface area (Å²) in [6.07, 6.45) is 4.89. The van der Waals surface area contributed by atoms with E-state index in [1.54, 1.807) is 49.4 Å². The largest absolute Gasteiger partial charge is 0.352 e. The number of sulfonamides is 1. The van der Waals surface area contributed by atoms with Crippen LogP contribution in [-0.2, 0) is 30.2 Å². The Bertz CT molecular complexity index is 680. The van der Waals surface area contributed by atoms with E-state index in [1.807, 2.05) is 6.07 Å². The van der Waals surface area contributed by atoms with E-state index >= 15 is 0 Å². The third kappa shape index (κ3) is 2.90. The fraction of sp³-hybridized carbons (Fsp3) is 0.308. The van der Waals surface area contributed by atoms with E-state index in [-0.39, 0.29) is 11.4 Å². The molecule has 0 amide bonds. The molecule has 2 aromatic rings. The Morgan fingerprint density at radius 1 is 1.45 bits per heavy atom. The first-order valence-corrected chi connectivity index (χ1v) is 7.59. The van der Waals surface area contributed by atoms with E-state index in [4.69, 9.17) is 5.73 Å². The average Bonchev–Trinajstić information content (AvgIpc) is 2.81. The van der Waals surface area contributed by atoms with Gasteiger partial charge in [-0.15, -0.1) is 0 Å². The first-order valence-electron chi connectivity index (χ1n) is 6.15. The Kier molecular flexibility index (Phi) is 4.22. The zero-order chi connectivity index (χ0) is 14.8. The molecule has 0 bridgehead atoms. The van der Waals surface area contributed by atoms with Crippen molar-refractivity contribution >= 4 is 10.0 Å². The summed E-state index contributed by atoms with van der Waals surface area (Å²) in [7, 11) is -0.187. The van der Waals surface area contributed by atoms with Crippen molar-refractivity contribution < 1.29 is 8.42 Å². The molecular weight excluding hydrogens is 276 g/mol. The molecule has 108 valence electrons. The molecule has 0 aliphatic rings. The van der Waals surface area contributed by atoms with E-state index < -0.39 is 10.0 Å². The molecule has 2 N–H and O–H groups in total. The molecule has 0 saturated heterocycles. The first-order chi connectivity index (χ1) is 9.45. The Hall–Kier alpha value is -1.70. The van der Waals surface area contributed by atoms with Crippen LogP contribution in [0.25, 0.3) is 0 Å². The van der Waals surface area contributed by atoms with Crippen LogP contribution in [-0.4, -0.2) is 29.3 Å². The van der Waals surface area contributed by atoms with Gasteiger partial charge in [0.2, 0.25) is 10.0 Å². The van der Waals surface area contributed by atoms with Gasteiger partial charge >= 0.3 is 0 Å².